The molecule has 2 aliphatic rings. The number of morpholine rings is 1. The van der Waals surface area contributed by atoms with E-state index in [4.69, 9.17) is 27.9 Å². The Balaban J connectivity index is 1.64. The van der Waals surface area contributed by atoms with Crippen LogP contribution in [-0.4, -0.2) is 54.2 Å². The third-order valence-electron chi connectivity index (χ3n) is 7.71. The number of para-hydroxylation sites is 1. The fourth-order valence-corrected chi connectivity index (χ4v) is 7.71. The van der Waals surface area contributed by atoms with Crippen molar-refractivity contribution in [2.24, 2.45) is 0 Å². The van der Waals surface area contributed by atoms with Crippen molar-refractivity contribution in [3.05, 3.63) is 100 Å². The third-order valence-corrected chi connectivity index (χ3v) is 10.5. The molecule has 3 aromatic carbocycles. The molecular formula is C31H32Cl2N2O6S. The van der Waals surface area contributed by atoms with Crippen LogP contribution in [0.4, 0.5) is 5.69 Å². The minimum atomic E-state index is -3.70. The molecule has 1 N–H and O–H groups in total. The van der Waals surface area contributed by atoms with Gasteiger partial charge in [-0.25, -0.2) is 8.42 Å². The highest BCUT2D eigenvalue weighted by Gasteiger charge is 2.49. The number of anilines is 1. The summed E-state index contributed by atoms with van der Waals surface area (Å²) in [5.41, 5.74) is 1.89. The molecule has 1 heterocycles. The van der Waals surface area contributed by atoms with Gasteiger partial charge in [-0.15, -0.1) is 0 Å². The summed E-state index contributed by atoms with van der Waals surface area (Å²) in [5.74, 6) is -1.70. The summed E-state index contributed by atoms with van der Waals surface area (Å²) in [7, 11) is -3.70. The van der Waals surface area contributed by atoms with Crippen molar-refractivity contribution in [2.75, 3.05) is 10.8 Å². The number of aliphatic carboxylic acids is 1. The van der Waals surface area contributed by atoms with E-state index in [0.717, 1.165) is 0 Å². The summed E-state index contributed by atoms with van der Waals surface area (Å²) in [6, 6.07) is 21.6. The largest absolute Gasteiger partial charge is 0.481 e. The Labute approximate surface area is 255 Å². The molecule has 1 aliphatic heterocycles. The van der Waals surface area contributed by atoms with E-state index in [1.54, 1.807) is 71.6 Å². The maximum atomic E-state index is 14.2. The number of halogens is 2. The number of hydrogen-bond donors (Lipinski definition) is 1. The van der Waals surface area contributed by atoms with Crippen LogP contribution >= 0.6 is 23.2 Å². The molecule has 1 aliphatic carbocycles. The Kier molecular flexibility index (Phi) is 9.13. The standard InChI is InChI=1S/C31H32Cl2N2O6S/c1-2-24(19-34(25-9-4-3-5-10-25)42(39,40)26-15-16-26)35-29(20-11-13-22(32)14-12-20)30(21-7-6-8-23(33)17-21)41-27(31(35)38)18-28(36)37/h3-14,17,24,26-27,29-30H,2,15-16,18-19H2,1H3,(H,36,37)/t24-,27+,29+,30+/m0/s1. The van der Waals surface area contributed by atoms with Crippen molar-refractivity contribution in [3.8, 4) is 0 Å². The monoisotopic (exact) mass is 630 g/mol. The summed E-state index contributed by atoms with van der Waals surface area (Å²) in [6.45, 7) is 1.89. The summed E-state index contributed by atoms with van der Waals surface area (Å²) in [6.07, 6.45) is -1.03. The first-order valence-electron chi connectivity index (χ1n) is 13.9. The minimum absolute atomic E-state index is 0.00274. The average molecular weight is 632 g/mol. The maximum Gasteiger partial charge on any atom is 0.306 e. The van der Waals surface area contributed by atoms with Crippen LogP contribution in [0.3, 0.4) is 0 Å². The van der Waals surface area contributed by atoms with Crippen LogP contribution in [-0.2, 0) is 24.3 Å². The Morgan fingerprint density at radius 3 is 2.29 bits per heavy atom. The number of ether oxygens (including phenoxy) is 1. The van der Waals surface area contributed by atoms with Gasteiger partial charge in [-0.05, 0) is 66.8 Å². The van der Waals surface area contributed by atoms with Gasteiger partial charge in [0.05, 0.1) is 36.0 Å². The van der Waals surface area contributed by atoms with E-state index in [1.807, 2.05) is 19.1 Å². The number of carboxylic acids is 1. The van der Waals surface area contributed by atoms with Crippen molar-refractivity contribution < 1.29 is 27.9 Å². The topological polar surface area (TPSA) is 104 Å². The van der Waals surface area contributed by atoms with Gasteiger partial charge < -0.3 is 14.7 Å². The van der Waals surface area contributed by atoms with Gasteiger partial charge in [-0.3, -0.25) is 13.9 Å². The Morgan fingerprint density at radius 2 is 1.69 bits per heavy atom. The van der Waals surface area contributed by atoms with E-state index in [-0.39, 0.29) is 6.54 Å². The number of hydrogen-bond acceptors (Lipinski definition) is 5. The van der Waals surface area contributed by atoms with Crippen molar-refractivity contribution in [2.45, 2.75) is 62.1 Å². The van der Waals surface area contributed by atoms with Crippen LogP contribution < -0.4 is 4.31 Å². The molecule has 3 aromatic rings. The van der Waals surface area contributed by atoms with E-state index < -0.39 is 57.9 Å². The number of carbonyl (C=O) groups excluding carboxylic acids is 1. The number of carboxylic acid groups (broad SMARTS) is 1. The summed E-state index contributed by atoms with van der Waals surface area (Å²) < 4.78 is 35.1. The molecule has 0 aromatic heterocycles. The molecule has 1 amide bonds. The van der Waals surface area contributed by atoms with E-state index >= 15 is 0 Å². The molecule has 2 fully saturated rings. The average Bonchev–Trinajstić information content (AvgIpc) is 3.82. The molecule has 222 valence electrons. The van der Waals surface area contributed by atoms with E-state index in [2.05, 4.69) is 0 Å². The zero-order valence-electron chi connectivity index (χ0n) is 23.0. The van der Waals surface area contributed by atoms with Crippen LogP contribution in [0.5, 0.6) is 0 Å². The van der Waals surface area contributed by atoms with E-state index in [9.17, 15) is 23.1 Å². The molecular weight excluding hydrogens is 599 g/mol. The minimum Gasteiger partial charge on any atom is -0.481 e. The Bertz CT molecular complexity index is 1530. The van der Waals surface area contributed by atoms with Gasteiger partial charge in [-0.1, -0.05) is 72.6 Å². The molecule has 11 heteroatoms. The third kappa shape index (κ3) is 6.44. The molecule has 0 radical (unpaired) electrons. The number of carbonyl (C=O) groups is 2. The van der Waals surface area contributed by atoms with Gasteiger partial charge in [0.25, 0.3) is 5.91 Å². The molecule has 8 nitrogen and oxygen atoms in total. The Hall–Kier alpha value is -3.11. The van der Waals surface area contributed by atoms with E-state index in [0.29, 0.717) is 46.1 Å². The lowest BCUT2D eigenvalue weighted by Gasteiger charge is -2.48. The lowest BCUT2D eigenvalue weighted by atomic mass is 9.89. The first-order chi connectivity index (χ1) is 20.1. The lowest BCUT2D eigenvalue weighted by molar-refractivity contribution is -0.183. The SMILES string of the molecule is CC[C@@H](CN(c1ccccc1)S(=O)(=O)C1CC1)N1C(=O)[C@@H](CC(=O)O)O[C@H](c2cccc(Cl)c2)[C@H]1c1ccc(Cl)cc1. The maximum absolute atomic E-state index is 14.2. The summed E-state index contributed by atoms with van der Waals surface area (Å²) in [5, 5.41) is 10.2. The van der Waals surface area contributed by atoms with Gasteiger partial charge in [0.2, 0.25) is 10.0 Å². The smallest absolute Gasteiger partial charge is 0.306 e. The van der Waals surface area contributed by atoms with E-state index in [1.165, 1.54) is 4.31 Å². The molecule has 1 saturated carbocycles. The highest BCUT2D eigenvalue weighted by atomic mass is 35.5. The summed E-state index contributed by atoms with van der Waals surface area (Å²) >= 11 is 12.6. The van der Waals surface area contributed by atoms with Gasteiger partial charge >= 0.3 is 5.97 Å². The zero-order valence-corrected chi connectivity index (χ0v) is 25.3. The molecule has 4 atom stereocenters. The first-order valence-corrected chi connectivity index (χ1v) is 16.1. The van der Waals surface area contributed by atoms with Crippen molar-refractivity contribution in [3.63, 3.8) is 0 Å². The predicted molar refractivity (Wildman–Crippen MR) is 162 cm³/mol. The van der Waals surface area contributed by atoms with Crippen molar-refractivity contribution in [1.29, 1.82) is 0 Å². The Morgan fingerprint density at radius 1 is 1.00 bits per heavy atom. The van der Waals surface area contributed by atoms with Gasteiger partial charge in [0.1, 0.15) is 12.2 Å². The number of benzene rings is 3. The first kappa shape index (κ1) is 30.4. The van der Waals surface area contributed by atoms with Crippen LogP contribution in [0.2, 0.25) is 10.0 Å². The van der Waals surface area contributed by atoms with Gasteiger partial charge in [0, 0.05) is 10.0 Å². The van der Waals surface area contributed by atoms with Crippen LogP contribution in [0.15, 0.2) is 78.9 Å². The fourth-order valence-electron chi connectivity index (χ4n) is 5.50. The molecule has 0 spiro atoms. The van der Waals surface area contributed by atoms with Crippen molar-refractivity contribution in [1.82, 2.24) is 4.90 Å². The summed E-state index contributed by atoms with van der Waals surface area (Å²) in [4.78, 5) is 27.7. The fraction of sp³-hybridized carbons (Fsp3) is 0.355. The molecule has 0 unspecified atom stereocenters. The zero-order chi connectivity index (χ0) is 30.0. The van der Waals surface area contributed by atoms with Crippen LogP contribution in [0, 0.1) is 0 Å². The number of amides is 1. The van der Waals surface area contributed by atoms with Crippen LogP contribution in [0.1, 0.15) is 55.9 Å². The molecule has 5 rings (SSSR count). The highest BCUT2D eigenvalue weighted by molar-refractivity contribution is 7.93. The molecule has 0 bridgehead atoms. The van der Waals surface area contributed by atoms with Gasteiger partial charge in [-0.2, -0.15) is 0 Å². The highest BCUT2D eigenvalue weighted by Crippen LogP contribution is 2.45. The quantitative estimate of drug-likeness (QED) is 0.268. The van der Waals surface area contributed by atoms with Gasteiger partial charge in [0.15, 0.2) is 0 Å². The predicted octanol–water partition coefficient (Wildman–Crippen LogP) is 6.26. The normalized spacial score (nSPS) is 21.6. The second kappa shape index (κ2) is 12.6. The number of sulfonamides is 1. The lowest BCUT2D eigenvalue weighted by Crippen LogP contribution is -2.58. The second-order valence-corrected chi connectivity index (χ2v) is 13.6. The number of rotatable bonds is 11. The molecule has 42 heavy (non-hydrogen) atoms. The number of nitrogens with zero attached hydrogens (tertiary/aromatic N) is 2. The second-order valence-electron chi connectivity index (χ2n) is 10.6. The molecule has 1 saturated heterocycles. The van der Waals surface area contributed by atoms with Crippen molar-refractivity contribution >= 4 is 50.8 Å². The van der Waals surface area contributed by atoms with Crippen LogP contribution in [0.25, 0.3) is 0 Å².